The van der Waals surface area contributed by atoms with Crippen molar-refractivity contribution >= 4 is 11.5 Å². The van der Waals surface area contributed by atoms with Gasteiger partial charge in [-0.25, -0.2) is 4.98 Å². The summed E-state index contributed by atoms with van der Waals surface area (Å²) in [5.74, 6) is 1.31. The lowest BCUT2D eigenvalue weighted by Gasteiger charge is -2.22. The highest BCUT2D eigenvalue weighted by atomic mass is 16.6. The van der Waals surface area contributed by atoms with Gasteiger partial charge >= 0.3 is 0 Å². The van der Waals surface area contributed by atoms with E-state index in [-0.39, 0.29) is 5.69 Å². The Bertz CT molecular complexity index is 374. The first kappa shape index (κ1) is 11.8. The normalized spacial score (nSPS) is 19.9. The van der Waals surface area contributed by atoms with Gasteiger partial charge in [0.05, 0.1) is 4.92 Å². The quantitative estimate of drug-likeness (QED) is 0.610. The summed E-state index contributed by atoms with van der Waals surface area (Å²) in [5, 5.41) is 17.0. The SMILES string of the molecule is O=[N+]([O-])c1ccc(NC[C@@H]2CCCNC2)nc1. The van der Waals surface area contributed by atoms with E-state index in [0.717, 1.165) is 19.6 Å². The molecule has 0 aromatic carbocycles. The van der Waals surface area contributed by atoms with Crippen molar-refractivity contribution in [1.82, 2.24) is 10.3 Å². The average Bonchev–Trinajstić information content (AvgIpc) is 2.38. The molecule has 1 saturated heterocycles. The molecule has 1 fully saturated rings. The molecule has 17 heavy (non-hydrogen) atoms. The zero-order valence-electron chi connectivity index (χ0n) is 9.56. The van der Waals surface area contributed by atoms with Crippen molar-refractivity contribution < 1.29 is 4.92 Å². The summed E-state index contributed by atoms with van der Waals surface area (Å²) < 4.78 is 0. The first-order valence-corrected chi connectivity index (χ1v) is 5.81. The van der Waals surface area contributed by atoms with Crippen molar-refractivity contribution in [3.8, 4) is 0 Å². The zero-order chi connectivity index (χ0) is 12.1. The maximum Gasteiger partial charge on any atom is 0.287 e. The number of nitro groups is 1. The number of aromatic nitrogens is 1. The predicted molar refractivity (Wildman–Crippen MR) is 65.0 cm³/mol. The van der Waals surface area contributed by atoms with Crippen molar-refractivity contribution in [2.45, 2.75) is 12.8 Å². The van der Waals surface area contributed by atoms with E-state index in [1.807, 2.05) is 0 Å². The van der Waals surface area contributed by atoms with E-state index in [2.05, 4.69) is 15.6 Å². The van der Waals surface area contributed by atoms with Crippen molar-refractivity contribution in [1.29, 1.82) is 0 Å². The van der Waals surface area contributed by atoms with E-state index in [1.165, 1.54) is 25.1 Å². The molecule has 2 heterocycles. The molecule has 1 atom stereocenters. The van der Waals surface area contributed by atoms with Gasteiger partial charge in [0.15, 0.2) is 0 Å². The van der Waals surface area contributed by atoms with Crippen LogP contribution in [-0.4, -0.2) is 29.5 Å². The van der Waals surface area contributed by atoms with Crippen LogP contribution in [0.1, 0.15) is 12.8 Å². The lowest BCUT2D eigenvalue weighted by molar-refractivity contribution is -0.385. The van der Waals surface area contributed by atoms with Gasteiger partial charge in [0.1, 0.15) is 12.0 Å². The molecule has 6 nitrogen and oxygen atoms in total. The summed E-state index contributed by atoms with van der Waals surface area (Å²) in [4.78, 5) is 14.0. The van der Waals surface area contributed by atoms with Gasteiger partial charge in [0.2, 0.25) is 0 Å². The molecule has 92 valence electrons. The molecule has 0 spiro atoms. The van der Waals surface area contributed by atoms with Gasteiger partial charge in [-0.05, 0) is 37.9 Å². The fourth-order valence-corrected chi connectivity index (χ4v) is 1.95. The largest absolute Gasteiger partial charge is 0.370 e. The molecule has 2 N–H and O–H groups in total. The molecule has 6 heteroatoms. The molecular formula is C11H16N4O2. The van der Waals surface area contributed by atoms with Gasteiger partial charge in [0.25, 0.3) is 5.69 Å². The monoisotopic (exact) mass is 236 g/mol. The van der Waals surface area contributed by atoms with E-state index in [4.69, 9.17) is 0 Å². The molecule has 0 saturated carbocycles. The Hall–Kier alpha value is -1.69. The number of rotatable bonds is 4. The molecule has 1 aromatic rings. The van der Waals surface area contributed by atoms with E-state index in [0.29, 0.717) is 11.7 Å². The Morgan fingerprint density at radius 2 is 2.47 bits per heavy atom. The van der Waals surface area contributed by atoms with Gasteiger partial charge in [-0.15, -0.1) is 0 Å². The third-order valence-electron chi connectivity index (χ3n) is 2.93. The molecule has 0 amide bonds. The number of hydrogen-bond donors (Lipinski definition) is 2. The Morgan fingerprint density at radius 3 is 3.06 bits per heavy atom. The molecule has 2 rings (SSSR count). The number of anilines is 1. The van der Waals surface area contributed by atoms with Crippen molar-refractivity contribution in [2.24, 2.45) is 5.92 Å². The predicted octanol–water partition coefficient (Wildman–Crippen LogP) is 1.40. The summed E-state index contributed by atoms with van der Waals surface area (Å²) in [6.45, 7) is 2.99. The number of hydrogen-bond acceptors (Lipinski definition) is 5. The summed E-state index contributed by atoms with van der Waals surface area (Å²) in [7, 11) is 0. The maximum absolute atomic E-state index is 10.5. The van der Waals surface area contributed by atoms with Gasteiger partial charge in [-0.2, -0.15) is 0 Å². The molecule has 0 bridgehead atoms. The van der Waals surface area contributed by atoms with Crippen LogP contribution in [0.5, 0.6) is 0 Å². The molecule has 1 aromatic heterocycles. The van der Waals surface area contributed by atoms with Crippen molar-refractivity contribution in [2.75, 3.05) is 25.0 Å². The third kappa shape index (κ3) is 3.39. The second-order valence-electron chi connectivity index (χ2n) is 4.25. The average molecular weight is 236 g/mol. The van der Waals surface area contributed by atoms with Crippen LogP contribution in [0.4, 0.5) is 11.5 Å². The minimum absolute atomic E-state index is 0.0230. The molecule has 0 aliphatic carbocycles. The highest BCUT2D eigenvalue weighted by Gasteiger charge is 2.12. The van der Waals surface area contributed by atoms with Gasteiger partial charge < -0.3 is 10.6 Å². The van der Waals surface area contributed by atoms with Crippen molar-refractivity contribution in [3.05, 3.63) is 28.4 Å². The van der Waals surface area contributed by atoms with E-state index >= 15 is 0 Å². The molecular weight excluding hydrogens is 220 g/mol. The lowest BCUT2D eigenvalue weighted by atomic mass is 10.00. The second-order valence-corrected chi connectivity index (χ2v) is 4.25. The summed E-state index contributed by atoms with van der Waals surface area (Å²) >= 11 is 0. The topological polar surface area (TPSA) is 80.1 Å². The number of nitrogens with zero attached hydrogens (tertiary/aromatic N) is 2. The van der Waals surface area contributed by atoms with Crippen molar-refractivity contribution in [3.63, 3.8) is 0 Å². The summed E-state index contributed by atoms with van der Waals surface area (Å²) in [6.07, 6.45) is 3.70. The van der Waals surface area contributed by atoms with Gasteiger partial charge in [0, 0.05) is 12.6 Å². The fraction of sp³-hybridized carbons (Fsp3) is 0.545. The Kier molecular flexibility index (Phi) is 3.87. The zero-order valence-corrected chi connectivity index (χ0v) is 9.56. The highest BCUT2D eigenvalue weighted by molar-refractivity contribution is 5.40. The first-order chi connectivity index (χ1) is 8.25. The Labute approximate surface area is 99.6 Å². The van der Waals surface area contributed by atoms with E-state index in [1.54, 1.807) is 6.07 Å². The van der Waals surface area contributed by atoms with E-state index < -0.39 is 4.92 Å². The van der Waals surface area contributed by atoms with Crippen LogP contribution in [0.15, 0.2) is 18.3 Å². The summed E-state index contributed by atoms with van der Waals surface area (Å²) in [6, 6.07) is 3.11. The standard InChI is InChI=1S/C11H16N4O2/c16-15(17)10-3-4-11(14-8-10)13-7-9-2-1-5-12-6-9/h3-4,8-9,12H,1-2,5-7H2,(H,13,14)/t9-/m1/s1. The van der Waals surface area contributed by atoms with Gasteiger partial charge in [-0.1, -0.05) is 0 Å². The van der Waals surface area contributed by atoms with Crippen LogP contribution in [0.25, 0.3) is 0 Å². The second kappa shape index (κ2) is 5.58. The van der Waals surface area contributed by atoms with Crippen LogP contribution >= 0.6 is 0 Å². The minimum Gasteiger partial charge on any atom is -0.370 e. The van der Waals surface area contributed by atoms with E-state index in [9.17, 15) is 10.1 Å². The van der Waals surface area contributed by atoms with Gasteiger partial charge in [-0.3, -0.25) is 10.1 Å². The summed E-state index contributed by atoms with van der Waals surface area (Å²) in [5.41, 5.74) is 0.0230. The Morgan fingerprint density at radius 1 is 1.59 bits per heavy atom. The molecule has 1 aliphatic heterocycles. The molecule has 0 radical (unpaired) electrons. The smallest absolute Gasteiger partial charge is 0.287 e. The molecule has 0 unspecified atom stereocenters. The van der Waals surface area contributed by atoms with Crippen LogP contribution in [0, 0.1) is 16.0 Å². The lowest BCUT2D eigenvalue weighted by Crippen LogP contribution is -2.33. The third-order valence-corrected chi connectivity index (χ3v) is 2.93. The first-order valence-electron chi connectivity index (χ1n) is 5.81. The number of nitrogens with one attached hydrogen (secondary N) is 2. The molecule has 1 aliphatic rings. The van der Waals surface area contributed by atoms with Crippen LogP contribution in [-0.2, 0) is 0 Å². The minimum atomic E-state index is -0.443. The fourth-order valence-electron chi connectivity index (χ4n) is 1.95. The van der Waals surface area contributed by atoms with Crippen LogP contribution < -0.4 is 10.6 Å². The Balaban J connectivity index is 1.84. The number of piperidine rings is 1. The maximum atomic E-state index is 10.5. The highest BCUT2D eigenvalue weighted by Crippen LogP contribution is 2.14. The van der Waals surface area contributed by atoms with Crippen LogP contribution in [0.2, 0.25) is 0 Å². The number of pyridine rings is 1. The van der Waals surface area contributed by atoms with Crippen LogP contribution in [0.3, 0.4) is 0 Å².